The Labute approximate surface area is 134 Å². The molecule has 6 heteroatoms. The number of nitrogens with one attached hydrogen (secondary N) is 1. The van der Waals surface area contributed by atoms with E-state index < -0.39 is 0 Å². The second-order valence-electron chi connectivity index (χ2n) is 5.61. The average molecular weight is 310 g/mol. The molecule has 3 aromatic rings. The first-order valence-electron chi connectivity index (χ1n) is 7.43. The summed E-state index contributed by atoms with van der Waals surface area (Å²) < 4.78 is 7.04. The molecule has 23 heavy (non-hydrogen) atoms. The predicted molar refractivity (Wildman–Crippen MR) is 86.4 cm³/mol. The molecule has 0 radical (unpaired) electrons. The molecule has 1 aromatic carbocycles. The van der Waals surface area contributed by atoms with Crippen LogP contribution in [-0.2, 0) is 0 Å². The Morgan fingerprint density at radius 2 is 1.96 bits per heavy atom. The van der Waals surface area contributed by atoms with Crippen LogP contribution < -0.4 is 5.32 Å². The summed E-state index contributed by atoms with van der Waals surface area (Å²) in [5.41, 5.74) is 1.96. The van der Waals surface area contributed by atoms with Gasteiger partial charge < -0.3 is 9.73 Å². The summed E-state index contributed by atoms with van der Waals surface area (Å²) >= 11 is 0. The van der Waals surface area contributed by atoms with E-state index in [0.29, 0.717) is 11.6 Å². The third-order valence-corrected chi connectivity index (χ3v) is 3.25. The second kappa shape index (κ2) is 6.08. The van der Waals surface area contributed by atoms with E-state index in [1.54, 1.807) is 23.1 Å². The fourth-order valence-corrected chi connectivity index (χ4v) is 2.17. The number of hydrogen-bond acceptors (Lipinski definition) is 4. The van der Waals surface area contributed by atoms with Crippen molar-refractivity contribution in [3.63, 3.8) is 0 Å². The molecular weight excluding hydrogens is 292 g/mol. The maximum absolute atomic E-state index is 12.2. The zero-order valence-electron chi connectivity index (χ0n) is 13.3. The Bertz CT molecular complexity index is 802. The highest BCUT2D eigenvalue weighted by atomic mass is 16.3. The van der Waals surface area contributed by atoms with E-state index in [1.807, 2.05) is 45.0 Å². The minimum atomic E-state index is -0.307. The van der Waals surface area contributed by atoms with Crippen LogP contribution in [0.15, 0.2) is 47.1 Å². The molecule has 0 aliphatic carbocycles. The molecule has 0 saturated carbocycles. The Kier molecular flexibility index (Phi) is 3.97. The van der Waals surface area contributed by atoms with Gasteiger partial charge in [0.05, 0.1) is 12.0 Å². The number of carbonyl (C=O) groups is 1. The number of benzene rings is 1. The van der Waals surface area contributed by atoms with Crippen molar-refractivity contribution in [1.29, 1.82) is 0 Å². The number of nitrogens with zero attached hydrogens (tertiary/aromatic N) is 3. The molecule has 0 bridgehead atoms. The van der Waals surface area contributed by atoms with Crippen molar-refractivity contribution in [2.24, 2.45) is 0 Å². The van der Waals surface area contributed by atoms with E-state index in [9.17, 15) is 4.79 Å². The molecule has 1 N–H and O–H groups in total. The van der Waals surface area contributed by atoms with Crippen LogP contribution in [0.3, 0.4) is 0 Å². The topological polar surface area (TPSA) is 73.0 Å². The van der Waals surface area contributed by atoms with Crippen LogP contribution in [0, 0.1) is 6.92 Å². The van der Waals surface area contributed by atoms with Crippen LogP contribution >= 0.6 is 0 Å². The summed E-state index contributed by atoms with van der Waals surface area (Å²) in [6.45, 7) is 5.80. The number of carbonyl (C=O) groups excluding carboxylic acids is 1. The zero-order valence-corrected chi connectivity index (χ0v) is 13.3. The number of amides is 1. The Balaban J connectivity index is 2.07. The monoisotopic (exact) mass is 310 g/mol. The van der Waals surface area contributed by atoms with Crippen molar-refractivity contribution in [2.75, 3.05) is 0 Å². The fraction of sp³-hybridized carbons (Fsp3) is 0.235. The van der Waals surface area contributed by atoms with Crippen molar-refractivity contribution in [3.05, 3.63) is 54.0 Å². The maximum Gasteiger partial charge on any atom is 0.291 e. The van der Waals surface area contributed by atoms with Gasteiger partial charge in [0.15, 0.2) is 11.6 Å². The Hall–Kier alpha value is -2.89. The molecule has 1 amide bonds. The van der Waals surface area contributed by atoms with E-state index >= 15 is 0 Å². The first kappa shape index (κ1) is 15.0. The number of hydrogen-bond donors (Lipinski definition) is 1. The van der Waals surface area contributed by atoms with E-state index in [2.05, 4.69) is 15.4 Å². The van der Waals surface area contributed by atoms with Crippen LogP contribution in [-0.4, -0.2) is 26.7 Å². The molecular formula is C17H18N4O2. The Morgan fingerprint density at radius 1 is 1.22 bits per heavy atom. The highest BCUT2D eigenvalue weighted by molar-refractivity contribution is 5.91. The molecule has 0 fully saturated rings. The lowest BCUT2D eigenvalue weighted by Gasteiger charge is -2.05. The average Bonchev–Trinajstić information content (AvgIpc) is 3.16. The van der Waals surface area contributed by atoms with Crippen LogP contribution in [0.4, 0.5) is 0 Å². The van der Waals surface area contributed by atoms with Crippen molar-refractivity contribution < 1.29 is 9.21 Å². The van der Waals surface area contributed by atoms with Gasteiger partial charge in [0.1, 0.15) is 0 Å². The third-order valence-electron chi connectivity index (χ3n) is 3.25. The van der Waals surface area contributed by atoms with Crippen LogP contribution in [0.1, 0.15) is 30.0 Å². The minimum absolute atomic E-state index is 0.0147. The second-order valence-corrected chi connectivity index (χ2v) is 5.61. The van der Waals surface area contributed by atoms with E-state index in [-0.39, 0.29) is 17.8 Å². The molecule has 2 heterocycles. The van der Waals surface area contributed by atoms with Crippen molar-refractivity contribution >= 4 is 5.91 Å². The molecule has 2 aromatic heterocycles. The number of rotatable bonds is 4. The Morgan fingerprint density at radius 3 is 2.57 bits per heavy atom. The molecule has 0 aliphatic heterocycles. The summed E-state index contributed by atoms with van der Waals surface area (Å²) in [5, 5.41) is 7.15. The van der Waals surface area contributed by atoms with Gasteiger partial charge in [-0.15, -0.1) is 5.10 Å². The molecule has 0 spiro atoms. The van der Waals surface area contributed by atoms with Crippen molar-refractivity contribution in [1.82, 2.24) is 20.1 Å². The highest BCUT2D eigenvalue weighted by Crippen LogP contribution is 2.22. The smallest absolute Gasteiger partial charge is 0.291 e. The standard InChI is InChI=1S/C17H18N4O2/c1-11(2)18-17(22)15-19-16(14-5-4-10-23-14)21(20-15)13-8-6-12(3)7-9-13/h4-11H,1-3H3,(H,18,22). The fourth-order valence-electron chi connectivity index (χ4n) is 2.17. The van der Waals surface area contributed by atoms with Crippen LogP contribution in [0.5, 0.6) is 0 Å². The summed E-state index contributed by atoms with van der Waals surface area (Å²) in [6.07, 6.45) is 1.57. The molecule has 0 unspecified atom stereocenters. The van der Waals surface area contributed by atoms with Gasteiger partial charge in [-0.3, -0.25) is 4.79 Å². The predicted octanol–water partition coefficient (Wildman–Crippen LogP) is 2.97. The molecule has 0 saturated heterocycles. The largest absolute Gasteiger partial charge is 0.461 e. The normalized spacial score (nSPS) is 11.0. The van der Waals surface area contributed by atoms with Gasteiger partial charge in [0.2, 0.25) is 5.82 Å². The first-order chi connectivity index (χ1) is 11.0. The zero-order chi connectivity index (χ0) is 16.4. The van der Waals surface area contributed by atoms with Crippen LogP contribution in [0.2, 0.25) is 0 Å². The molecule has 3 rings (SSSR count). The quantitative estimate of drug-likeness (QED) is 0.804. The maximum atomic E-state index is 12.2. The van der Waals surface area contributed by atoms with Gasteiger partial charge >= 0.3 is 0 Å². The van der Waals surface area contributed by atoms with E-state index in [1.165, 1.54) is 0 Å². The van der Waals surface area contributed by atoms with Gasteiger partial charge in [-0.2, -0.15) is 4.98 Å². The van der Waals surface area contributed by atoms with Gasteiger partial charge in [-0.05, 0) is 45.0 Å². The van der Waals surface area contributed by atoms with Gasteiger partial charge in [-0.25, -0.2) is 4.68 Å². The number of aromatic nitrogens is 3. The minimum Gasteiger partial charge on any atom is -0.461 e. The summed E-state index contributed by atoms with van der Waals surface area (Å²) in [7, 11) is 0. The molecule has 6 nitrogen and oxygen atoms in total. The van der Waals surface area contributed by atoms with Gasteiger partial charge in [0.25, 0.3) is 5.91 Å². The van der Waals surface area contributed by atoms with Crippen molar-refractivity contribution in [2.45, 2.75) is 26.8 Å². The number of furan rings is 1. The van der Waals surface area contributed by atoms with E-state index in [0.717, 1.165) is 11.3 Å². The lowest BCUT2D eigenvalue weighted by atomic mass is 10.2. The SMILES string of the molecule is Cc1ccc(-n2nc(C(=O)NC(C)C)nc2-c2ccco2)cc1. The summed E-state index contributed by atoms with van der Waals surface area (Å²) in [4.78, 5) is 16.5. The summed E-state index contributed by atoms with van der Waals surface area (Å²) in [5.74, 6) is 0.860. The molecule has 0 aliphatic rings. The lowest BCUT2D eigenvalue weighted by Crippen LogP contribution is -2.31. The highest BCUT2D eigenvalue weighted by Gasteiger charge is 2.20. The van der Waals surface area contributed by atoms with Gasteiger partial charge in [-0.1, -0.05) is 17.7 Å². The van der Waals surface area contributed by atoms with Gasteiger partial charge in [0, 0.05) is 6.04 Å². The van der Waals surface area contributed by atoms with E-state index in [4.69, 9.17) is 4.42 Å². The van der Waals surface area contributed by atoms with Crippen LogP contribution in [0.25, 0.3) is 17.3 Å². The molecule has 118 valence electrons. The first-order valence-corrected chi connectivity index (χ1v) is 7.43. The van der Waals surface area contributed by atoms with Crippen molar-refractivity contribution in [3.8, 4) is 17.3 Å². The number of aryl methyl sites for hydroxylation is 1. The summed E-state index contributed by atoms with van der Waals surface area (Å²) in [6, 6.07) is 11.4. The lowest BCUT2D eigenvalue weighted by molar-refractivity contribution is 0.0932. The third kappa shape index (κ3) is 3.15. The molecule has 0 atom stereocenters.